The Hall–Kier alpha value is -2.14. The Bertz CT molecular complexity index is 937. The summed E-state index contributed by atoms with van der Waals surface area (Å²) >= 11 is 18.0. The van der Waals surface area contributed by atoms with Crippen LogP contribution in [0.5, 0.6) is 5.75 Å². The monoisotopic (exact) mass is 395 g/mol. The zero-order chi connectivity index (χ0) is 18.0. The van der Waals surface area contributed by atoms with Crippen molar-refractivity contribution in [3.8, 4) is 17.1 Å². The Balaban J connectivity index is 1.85. The number of hydrogen-bond acceptors (Lipinski definition) is 3. The summed E-state index contributed by atoms with van der Waals surface area (Å²) in [6.45, 7) is 0. The van der Waals surface area contributed by atoms with Gasteiger partial charge in [0.2, 0.25) is 0 Å². The average Bonchev–Trinajstić information content (AvgIpc) is 3.05. The maximum atomic E-state index is 12.4. The number of methoxy groups -OCH3 is 1. The lowest BCUT2D eigenvalue weighted by Gasteiger charge is -2.09. The van der Waals surface area contributed by atoms with E-state index in [1.165, 1.54) is 7.11 Å². The fourth-order valence-electron chi connectivity index (χ4n) is 2.26. The van der Waals surface area contributed by atoms with Crippen LogP contribution in [0, 0.1) is 0 Å². The summed E-state index contributed by atoms with van der Waals surface area (Å²) in [6.07, 6.45) is 0. The van der Waals surface area contributed by atoms with Gasteiger partial charge in [0.05, 0.1) is 17.8 Å². The third-order valence-corrected chi connectivity index (χ3v) is 4.22. The number of furan rings is 1. The van der Waals surface area contributed by atoms with Crippen LogP contribution in [0.25, 0.3) is 11.3 Å². The normalized spacial score (nSPS) is 10.6. The molecule has 3 rings (SSSR count). The summed E-state index contributed by atoms with van der Waals surface area (Å²) < 4.78 is 10.8. The SMILES string of the molecule is COc1ccc(Cl)cc1NC(=O)c1ccc(-c2ccc(Cl)cc2Cl)o1. The highest BCUT2D eigenvalue weighted by Crippen LogP contribution is 2.32. The van der Waals surface area contributed by atoms with Crippen LogP contribution in [-0.4, -0.2) is 13.0 Å². The minimum atomic E-state index is -0.433. The van der Waals surface area contributed by atoms with Crippen molar-refractivity contribution in [3.05, 3.63) is 69.4 Å². The van der Waals surface area contributed by atoms with Crippen LogP contribution in [0.3, 0.4) is 0 Å². The topological polar surface area (TPSA) is 51.5 Å². The van der Waals surface area contributed by atoms with Gasteiger partial charge in [0.25, 0.3) is 5.91 Å². The molecule has 25 heavy (non-hydrogen) atoms. The van der Waals surface area contributed by atoms with Crippen molar-refractivity contribution < 1.29 is 13.9 Å². The Labute approximate surface area is 159 Å². The number of ether oxygens (including phenoxy) is 1. The van der Waals surface area contributed by atoms with Crippen LogP contribution in [0.2, 0.25) is 15.1 Å². The van der Waals surface area contributed by atoms with Gasteiger partial charge >= 0.3 is 0 Å². The molecule has 3 aromatic rings. The number of amides is 1. The lowest BCUT2D eigenvalue weighted by atomic mass is 10.2. The highest BCUT2D eigenvalue weighted by atomic mass is 35.5. The highest BCUT2D eigenvalue weighted by Gasteiger charge is 2.16. The maximum absolute atomic E-state index is 12.4. The van der Waals surface area contributed by atoms with Crippen molar-refractivity contribution in [2.75, 3.05) is 12.4 Å². The van der Waals surface area contributed by atoms with Crippen LogP contribution >= 0.6 is 34.8 Å². The van der Waals surface area contributed by atoms with Crippen molar-refractivity contribution in [2.45, 2.75) is 0 Å². The first-order chi connectivity index (χ1) is 12.0. The number of carbonyl (C=O) groups is 1. The van der Waals surface area contributed by atoms with Crippen molar-refractivity contribution in [1.29, 1.82) is 0 Å². The Morgan fingerprint density at radius 1 is 1.00 bits per heavy atom. The van der Waals surface area contributed by atoms with Gasteiger partial charge in [-0.15, -0.1) is 0 Å². The zero-order valence-corrected chi connectivity index (χ0v) is 15.2. The van der Waals surface area contributed by atoms with E-state index in [0.717, 1.165) is 0 Å². The average molecular weight is 397 g/mol. The summed E-state index contributed by atoms with van der Waals surface area (Å²) in [7, 11) is 1.51. The third-order valence-electron chi connectivity index (χ3n) is 3.44. The molecule has 0 saturated carbocycles. The van der Waals surface area contributed by atoms with E-state index in [2.05, 4.69) is 5.32 Å². The lowest BCUT2D eigenvalue weighted by Crippen LogP contribution is -2.11. The van der Waals surface area contributed by atoms with Crippen molar-refractivity contribution in [3.63, 3.8) is 0 Å². The number of anilines is 1. The van der Waals surface area contributed by atoms with E-state index in [4.69, 9.17) is 44.0 Å². The molecule has 1 amide bonds. The predicted octanol–water partition coefficient (Wildman–Crippen LogP) is 6.17. The third kappa shape index (κ3) is 3.93. The fraction of sp³-hybridized carbons (Fsp3) is 0.0556. The first kappa shape index (κ1) is 17.7. The number of nitrogens with one attached hydrogen (secondary N) is 1. The van der Waals surface area contributed by atoms with E-state index in [1.54, 1.807) is 48.5 Å². The first-order valence-corrected chi connectivity index (χ1v) is 8.31. The Kier molecular flexibility index (Phi) is 5.23. The molecule has 0 saturated heterocycles. The molecule has 0 aliphatic heterocycles. The van der Waals surface area contributed by atoms with Gasteiger partial charge in [-0.3, -0.25) is 4.79 Å². The van der Waals surface area contributed by atoms with Crippen LogP contribution in [0.4, 0.5) is 5.69 Å². The minimum absolute atomic E-state index is 0.128. The second kappa shape index (κ2) is 7.40. The standard InChI is InChI=1S/C18H12Cl3NO3/c1-24-16-5-3-11(20)9-14(16)22-18(23)17-7-6-15(25-17)12-4-2-10(19)8-13(12)21/h2-9H,1H3,(H,22,23). The number of carbonyl (C=O) groups excluding carboxylic acids is 1. The summed E-state index contributed by atoms with van der Waals surface area (Å²) in [5, 5.41) is 4.14. The van der Waals surface area contributed by atoms with Gasteiger partial charge in [-0.2, -0.15) is 0 Å². The zero-order valence-electron chi connectivity index (χ0n) is 13.0. The fourth-order valence-corrected chi connectivity index (χ4v) is 2.93. The van der Waals surface area contributed by atoms with Gasteiger partial charge in [0.1, 0.15) is 11.5 Å². The van der Waals surface area contributed by atoms with Crippen molar-refractivity contribution >= 4 is 46.4 Å². The quantitative estimate of drug-likeness (QED) is 0.574. The molecule has 0 aliphatic carbocycles. The first-order valence-electron chi connectivity index (χ1n) is 7.18. The van der Waals surface area contributed by atoms with Gasteiger partial charge in [-0.1, -0.05) is 34.8 Å². The molecule has 0 unspecified atom stereocenters. The second-order valence-electron chi connectivity index (χ2n) is 5.09. The summed E-state index contributed by atoms with van der Waals surface area (Å²) in [6, 6.07) is 13.2. The molecule has 1 N–H and O–H groups in total. The number of rotatable bonds is 4. The lowest BCUT2D eigenvalue weighted by molar-refractivity contribution is 0.0997. The molecule has 0 radical (unpaired) electrons. The Morgan fingerprint density at radius 2 is 1.72 bits per heavy atom. The van der Waals surface area contributed by atoms with Gasteiger partial charge in [0, 0.05) is 15.6 Å². The van der Waals surface area contributed by atoms with Crippen LogP contribution in [-0.2, 0) is 0 Å². The molecule has 7 heteroatoms. The van der Waals surface area contributed by atoms with Crippen LogP contribution in [0.15, 0.2) is 52.9 Å². The van der Waals surface area contributed by atoms with E-state index >= 15 is 0 Å². The molecule has 1 heterocycles. The van der Waals surface area contributed by atoms with Gasteiger partial charge in [-0.05, 0) is 48.5 Å². The summed E-state index contributed by atoms with van der Waals surface area (Å²) in [5.74, 6) is 0.648. The molecule has 1 aromatic heterocycles. The second-order valence-corrected chi connectivity index (χ2v) is 6.37. The van der Waals surface area contributed by atoms with Gasteiger partial charge in [-0.25, -0.2) is 0 Å². The number of halogens is 3. The largest absolute Gasteiger partial charge is 0.495 e. The number of benzene rings is 2. The molecule has 0 bridgehead atoms. The summed E-state index contributed by atoms with van der Waals surface area (Å²) in [4.78, 5) is 12.4. The molecule has 0 spiro atoms. The molecule has 0 aliphatic rings. The molecule has 0 atom stereocenters. The molecule has 0 fully saturated rings. The van der Waals surface area contributed by atoms with E-state index in [0.29, 0.717) is 37.8 Å². The van der Waals surface area contributed by atoms with E-state index in [-0.39, 0.29) is 5.76 Å². The Morgan fingerprint density at radius 3 is 2.44 bits per heavy atom. The smallest absolute Gasteiger partial charge is 0.291 e. The van der Waals surface area contributed by atoms with E-state index < -0.39 is 5.91 Å². The van der Waals surface area contributed by atoms with Crippen LogP contribution in [0.1, 0.15) is 10.6 Å². The van der Waals surface area contributed by atoms with Gasteiger partial charge < -0.3 is 14.5 Å². The number of hydrogen-bond donors (Lipinski definition) is 1. The maximum Gasteiger partial charge on any atom is 0.291 e. The predicted molar refractivity (Wildman–Crippen MR) is 100 cm³/mol. The van der Waals surface area contributed by atoms with E-state index in [9.17, 15) is 4.79 Å². The molecular weight excluding hydrogens is 385 g/mol. The van der Waals surface area contributed by atoms with Gasteiger partial charge in [0.15, 0.2) is 5.76 Å². The molecule has 2 aromatic carbocycles. The van der Waals surface area contributed by atoms with Crippen molar-refractivity contribution in [2.24, 2.45) is 0 Å². The summed E-state index contributed by atoms with van der Waals surface area (Å²) in [5.41, 5.74) is 1.09. The molecule has 128 valence electrons. The highest BCUT2D eigenvalue weighted by molar-refractivity contribution is 6.36. The molecular formula is C18H12Cl3NO3. The molecule has 4 nitrogen and oxygen atoms in total. The van der Waals surface area contributed by atoms with E-state index in [1.807, 2.05) is 0 Å². The van der Waals surface area contributed by atoms with Crippen molar-refractivity contribution in [1.82, 2.24) is 0 Å². The minimum Gasteiger partial charge on any atom is -0.495 e. The van der Waals surface area contributed by atoms with Crippen LogP contribution < -0.4 is 10.1 Å².